The lowest BCUT2D eigenvalue weighted by atomic mass is 10.2. The van der Waals surface area contributed by atoms with Crippen LogP contribution in [0.5, 0.6) is 11.5 Å². The number of carbonyl (C=O) groups excluding carboxylic acids is 1. The van der Waals surface area contributed by atoms with Gasteiger partial charge in [0.15, 0.2) is 5.76 Å². The Balaban J connectivity index is 1.73. The second-order valence-corrected chi connectivity index (χ2v) is 5.29. The quantitative estimate of drug-likeness (QED) is 0.544. The van der Waals surface area contributed by atoms with E-state index in [1.165, 1.54) is 12.3 Å². The van der Waals surface area contributed by atoms with Crippen molar-refractivity contribution in [3.63, 3.8) is 0 Å². The molecule has 25 heavy (non-hydrogen) atoms. The number of nitrogens with zero attached hydrogens (tertiary/aromatic N) is 1. The topological polar surface area (TPSA) is 94.6 Å². The molecule has 0 atom stereocenters. The van der Waals surface area contributed by atoms with Gasteiger partial charge in [0.2, 0.25) is 5.75 Å². The van der Waals surface area contributed by atoms with Gasteiger partial charge in [0.25, 0.3) is 5.91 Å². The van der Waals surface area contributed by atoms with Gasteiger partial charge in [-0.2, -0.15) is 0 Å². The van der Waals surface area contributed by atoms with E-state index in [1.807, 2.05) is 0 Å². The smallest absolute Gasteiger partial charge is 0.311 e. The molecule has 126 valence electrons. The number of hydrogen-bond donors (Lipinski definition) is 1. The van der Waals surface area contributed by atoms with E-state index in [1.54, 1.807) is 55.5 Å². The summed E-state index contributed by atoms with van der Waals surface area (Å²) in [6.07, 6.45) is 1.42. The Hall–Kier alpha value is -3.61. The van der Waals surface area contributed by atoms with Crippen molar-refractivity contribution in [1.29, 1.82) is 0 Å². The summed E-state index contributed by atoms with van der Waals surface area (Å²) in [5.74, 6) is 0.411. The number of nitrogens with one attached hydrogen (secondary N) is 1. The minimum Gasteiger partial charge on any atom is -0.459 e. The summed E-state index contributed by atoms with van der Waals surface area (Å²) < 4.78 is 10.6. The van der Waals surface area contributed by atoms with Crippen molar-refractivity contribution in [2.24, 2.45) is 0 Å². The molecule has 0 aliphatic carbocycles. The number of ether oxygens (including phenoxy) is 1. The molecular weight excluding hydrogens is 324 g/mol. The molecule has 0 bridgehead atoms. The highest BCUT2D eigenvalue weighted by atomic mass is 16.6. The Morgan fingerprint density at radius 2 is 1.92 bits per heavy atom. The number of hydrogen-bond acceptors (Lipinski definition) is 5. The fraction of sp³-hybridized carbons (Fsp3) is 0.0556. The highest BCUT2D eigenvalue weighted by molar-refractivity contribution is 6.02. The second-order valence-electron chi connectivity index (χ2n) is 5.29. The Morgan fingerprint density at radius 3 is 2.56 bits per heavy atom. The van der Waals surface area contributed by atoms with E-state index in [0.29, 0.717) is 11.4 Å². The zero-order chi connectivity index (χ0) is 17.8. The number of rotatable bonds is 5. The van der Waals surface area contributed by atoms with Gasteiger partial charge in [0, 0.05) is 11.8 Å². The third-order valence-electron chi connectivity index (χ3n) is 3.40. The van der Waals surface area contributed by atoms with E-state index in [-0.39, 0.29) is 23.1 Å². The maximum atomic E-state index is 11.9. The maximum absolute atomic E-state index is 11.9. The first-order valence-corrected chi connectivity index (χ1v) is 7.41. The molecule has 1 heterocycles. The van der Waals surface area contributed by atoms with Crippen molar-refractivity contribution in [2.45, 2.75) is 6.92 Å². The molecular formula is C18H14N2O5. The third-order valence-corrected chi connectivity index (χ3v) is 3.40. The standard InChI is InChI=1S/C18H14N2O5/c1-12-4-9-16(15(11-12)20(22)23)25-14-7-5-13(6-8-14)19-18(21)17-3-2-10-24-17/h2-11H,1H3,(H,19,21). The monoisotopic (exact) mass is 338 g/mol. The highest BCUT2D eigenvalue weighted by Gasteiger charge is 2.16. The van der Waals surface area contributed by atoms with E-state index in [4.69, 9.17) is 9.15 Å². The second kappa shape index (κ2) is 6.88. The fourth-order valence-electron chi connectivity index (χ4n) is 2.19. The Kier molecular flexibility index (Phi) is 4.47. The van der Waals surface area contributed by atoms with Crippen LogP contribution in [0.15, 0.2) is 65.3 Å². The van der Waals surface area contributed by atoms with Crippen molar-refractivity contribution in [3.8, 4) is 11.5 Å². The SMILES string of the molecule is Cc1ccc(Oc2ccc(NC(=O)c3ccco3)cc2)c([N+](=O)[O-])c1. The molecule has 7 nitrogen and oxygen atoms in total. The number of carbonyl (C=O) groups is 1. The molecule has 0 unspecified atom stereocenters. The van der Waals surface area contributed by atoms with Gasteiger partial charge in [-0.15, -0.1) is 0 Å². The molecule has 0 spiro atoms. The summed E-state index contributed by atoms with van der Waals surface area (Å²) in [7, 11) is 0. The molecule has 7 heteroatoms. The van der Waals surface area contributed by atoms with Crippen molar-refractivity contribution in [1.82, 2.24) is 0 Å². The minimum atomic E-state index is -0.486. The van der Waals surface area contributed by atoms with E-state index >= 15 is 0 Å². The average Bonchev–Trinajstić information content (AvgIpc) is 3.13. The Labute approximate surface area is 143 Å². The van der Waals surface area contributed by atoms with Crippen molar-refractivity contribution < 1.29 is 18.9 Å². The van der Waals surface area contributed by atoms with Crippen LogP contribution in [0.2, 0.25) is 0 Å². The number of aryl methyl sites for hydroxylation is 1. The number of nitro groups is 1. The van der Waals surface area contributed by atoms with Gasteiger partial charge in [-0.1, -0.05) is 6.07 Å². The lowest BCUT2D eigenvalue weighted by Gasteiger charge is -2.08. The Bertz CT molecular complexity index is 902. The molecule has 0 radical (unpaired) electrons. The number of furan rings is 1. The van der Waals surface area contributed by atoms with Gasteiger partial charge < -0.3 is 14.5 Å². The predicted molar refractivity (Wildman–Crippen MR) is 91.0 cm³/mol. The van der Waals surface area contributed by atoms with Crippen LogP contribution in [-0.4, -0.2) is 10.8 Å². The van der Waals surface area contributed by atoms with E-state index < -0.39 is 4.92 Å². The van der Waals surface area contributed by atoms with Crippen LogP contribution in [0.4, 0.5) is 11.4 Å². The van der Waals surface area contributed by atoms with Crippen LogP contribution in [0.25, 0.3) is 0 Å². The molecule has 1 N–H and O–H groups in total. The van der Waals surface area contributed by atoms with Crippen LogP contribution in [0, 0.1) is 17.0 Å². The molecule has 0 aliphatic heterocycles. The van der Waals surface area contributed by atoms with Crippen molar-refractivity contribution >= 4 is 17.3 Å². The summed E-state index contributed by atoms with van der Waals surface area (Å²) in [5.41, 5.74) is 1.22. The van der Waals surface area contributed by atoms with Crippen LogP contribution >= 0.6 is 0 Å². The van der Waals surface area contributed by atoms with E-state index in [2.05, 4.69) is 5.32 Å². The van der Waals surface area contributed by atoms with E-state index in [0.717, 1.165) is 5.56 Å². The predicted octanol–water partition coefficient (Wildman–Crippen LogP) is 4.54. The zero-order valence-corrected chi connectivity index (χ0v) is 13.3. The van der Waals surface area contributed by atoms with Gasteiger partial charge in [0.05, 0.1) is 11.2 Å². The van der Waals surface area contributed by atoms with Crippen molar-refractivity contribution in [3.05, 3.63) is 82.3 Å². The first kappa shape index (κ1) is 16.3. The summed E-state index contributed by atoms with van der Waals surface area (Å²) >= 11 is 0. The summed E-state index contributed by atoms with van der Waals surface area (Å²) in [4.78, 5) is 22.5. The summed E-state index contributed by atoms with van der Waals surface area (Å²) in [6.45, 7) is 1.77. The largest absolute Gasteiger partial charge is 0.459 e. The zero-order valence-electron chi connectivity index (χ0n) is 13.3. The molecule has 0 aliphatic rings. The molecule has 1 aromatic heterocycles. The van der Waals surface area contributed by atoms with Crippen LogP contribution < -0.4 is 10.1 Å². The molecule has 3 aromatic rings. The molecule has 0 saturated heterocycles. The van der Waals surface area contributed by atoms with Crippen LogP contribution in [-0.2, 0) is 0 Å². The van der Waals surface area contributed by atoms with Gasteiger partial charge >= 0.3 is 5.69 Å². The van der Waals surface area contributed by atoms with Crippen molar-refractivity contribution in [2.75, 3.05) is 5.32 Å². The molecule has 2 aromatic carbocycles. The molecule has 3 rings (SSSR count). The molecule has 0 fully saturated rings. The first-order valence-electron chi connectivity index (χ1n) is 7.41. The lowest BCUT2D eigenvalue weighted by Crippen LogP contribution is -2.10. The summed E-state index contributed by atoms with van der Waals surface area (Å²) in [6, 6.07) is 14.4. The number of anilines is 1. The molecule has 0 saturated carbocycles. The highest BCUT2D eigenvalue weighted by Crippen LogP contribution is 2.32. The van der Waals surface area contributed by atoms with Gasteiger partial charge in [0.1, 0.15) is 5.75 Å². The van der Waals surface area contributed by atoms with Crippen LogP contribution in [0.3, 0.4) is 0 Å². The van der Waals surface area contributed by atoms with Gasteiger partial charge in [-0.05, 0) is 55.0 Å². The van der Waals surface area contributed by atoms with E-state index in [9.17, 15) is 14.9 Å². The number of nitro benzene ring substituents is 1. The summed E-state index contributed by atoms with van der Waals surface area (Å²) in [5, 5.41) is 13.8. The normalized spacial score (nSPS) is 10.3. The third kappa shape index (κ3) is 3.84. The maximum Gasteiger partial charge on any atom is 0.311 e. The minimum absolute atomic E-state index is 0.102. The fourth-order valence-corrected chi connectivity index (χ4v) is 2.19. The Morgan fingerprint density at radius 1 is 1.16 bits per heavy atom. The number of amides is 1. The van der Waals surface area contributed by atoms with Gasteiger partial charge in [-0.25, -0.2) is 0 Å². The molecule has 1 amide bonds. The number of benzene rings is 2. The average molecular weight is 338 g/mol. The lowest BCUT2D eigenvalue weighted by molar-refractivity contribution is -0.385. The van der Waals surface area contributed by atoms with Gasteiger partial charge in [-0.3, -0.25) is 14.9 Å². The van der Waals surface area contributed by atoms with Crippen LogP contribution in [0.1, 0.15) is 16.1 Å². The first-order chi connectivity index (χ1) is 12.0.